The third kappa shape index (κ3) is 2.66. The van der Waals surface area contributed by atoms with Gasteiger partial charge in [0.05, 0.1) is 0 Å². The van der Waals surface area contributed by atoms with Crippen molar-refractivity contribution in [2.45, 2.75) is 25.3 Å². The minimum Gasteiger partial charge on any atom is -0.345 e. The molecule has 1 aliphatic carbocycles. The lowest BCUT2D eigenvalue weighted by Crippen LogP contribution is -2.39. The highest BCUT2D eigenvalue weighted by Crippen LogP contribution is 2.40. The van der Waals surface area contributed by atoms with Crippen molar-refractivity contribution in [2.24, 2.45) is 11.8 Å². The van der Waals surface area contributed by atoms with Crippen molar-refractivity contribution in [1.82, 2.24) is 15.0 Å². The van der Waals surface area contributed by atoms with Gasteiger partial charge in [-0.2, -0.15) is 4.98 Å². The number of hydrogen-bond donors (Lipinski definition) is 0. The molecule has 0 spiro atoms. The molecule has 1 amide bonds. The fourth-order valence-electron chi connectivity index (χ4n) is 4.02. The van der Waals surface area contributed by atoms with Crippen LogP contribution in [0, 0.1) is 11.8 Å². The molecule has 0 N–H and O–H groups in total. The van der Waals surface area contributed by atoms with Crippen LogP contribution in [0.15, 0.2) is 34.9 Å². The van der Waals surface area contributed by atoms with Gasteiger partial charge in [-0.1, -0.05) is 35.5 Å². The molecule has 6 nitrogen and oxygen atoms in total. The molecular weight excluding hydrogens is 304 g/mol. The highest BCUT2D eigenvalue weighted by molar-refractivity contribution is 5.77. The first kappa shape index (κ1) is 15.2. The van der Waals surface area contributed by atoms with E-state index in [1.165, 1.54) is 0 Å². The van der Waals surface area contributed by atoms with E-state index >= 15 is 0 Å². The predicted octanol–water partition coefficient (Wildman–Crippen LogP) is 2.43. The third-order valence-corrected chi connectivity index (χ3v) is 5.48. The van der Waals surface area contributed by atoms with Crippen LogP contribution in [0.2, 0.25) is 0 Å². The summed E-state index contributed by atoms with van der Waals surface area (Å²) in [7, 11) is 3.91. The highest BCUT2D eigenvalue weighted by Gasteiger charge is 2.42. The van der Waals surface area contributed by atoms with Crippen LogP contribution in [-0.2, 0) is 4.79 Å². The number of rotatable bonds is 3. The first-order valence-corrected chi connectivity index (χ1v) is 8.47. The quantitative estimate of drug-likeness (QED) is 0.867. The van der Waals surface area contributed by atoms with Gasteiger partial charge in [-0.25, -0.2) is 0 Å². The fourth-order valence-corrected chi connectivity index (χ4v) is 4.02. The van der Waals surface area contributed by atoms with Crippen molar-refractivity contribution >= 4 is 11.9 Å². The number of nitrogens with zero attached hydrogens (tertiary/aromatic N) is 4. The van der Waals surface area contributed by atoms with E-state index in [9.17, 15) is 4.79 Å². The number of anilines is 1. The summed E-state index contributed by atoms with van der Waals surface area (Å²) < 4.78 is 5.48. The van der Waals surface area contributed by atoms with Gasteiger partial charge < -0.3 is 14.3 Å². The molecule has 4 rings (SSSR count). The average molecular weight is 326 g/mol. The van der Waals surface area contributed by atoms with Crippen molar-refractivity contribution in [3.63, 3.8) is 0 Å². The Balaban J connectivity index is 1.48. The van der Waals surface area contributed by atoms with E-state index < -0.39 is 0 Å². The van der Waals surface area contributed by atoms with Gasteiger partial charge in [0.15, 0.2) is 0 Å². The lowest BCUT2D eigenvalue weighted by atomic mass is 9.88. The SMILES string of the molecule is CN1C[C@H]2C[C@@H](N(C)c3nc(-c4ccccc4)no3)C[C@H]2CC1=O. The molecular formula is C18H22N4O2. The van der Waals surface area contributed by atoms with Crippen molar-refractivity contribution in [3.05, 3.63) is 30.3 Å². The maximum Gasteiger partial charge on any atom is 0.324 e. The van der Waals surface area contributed by atoms with E-state index in [1.807, 2.05) is 49.3 Å². The first-order valence-electron chi connectivity index (χ1n) is 8.47. The molecule has 2 aromatic rings. The molecule has 0 bridgehead atoms. The summed E-state index contributed by atoms with van der Waals surface area (Å²) in [5.41, 5.74) is 0.952. The van der Waals surface area contributed by atoms with Crippen LogP contribution >= 0.6 is 0 Å². The molecule has 2 fully saturated rings. The van der Waals surface area contributed by atoms with E-state index in [2.05, 4.69) is 15.0 Å². The molecule has 0 unspecified atom stereocenters. The summed E-state index contributed by atoms with van der Waals surface area (Å²) >= 11 is 0. The standard InChI is InChI=1S/C18H22N4O2/c1-21-11-14-9-15(8-13(14)10-16(21)23)22(2)18-19-17(20-24-18)12-6-4-3-5-7-12/h3-7,13-15H,8-11H2,1-2H3/t13-,14+,15-/m0/s1. The Morgan fingerprint density at radius 1 is 1.21 bits per heavy atom. The zero-order valence-electron chi connectivity index (χ0n) is 14.1. The van der Waals surface area contributed by atoms with E-state index in [1.54, 1.807) is 0 Å². The molecule has 24 heavy (non-hydrogen) atoms. The minimum atomic E-state index is 0.267. The number of amides is 1. The summed E-state index contributed by atoms with van der Waals surface area (Å²) in [6, 6.07) is 10.7. The Morgan fingerprint density at radius 3 is 2.75 bits per heavy atom. The number of benzene rings is 1. The van der Waals surface area contributed by atoms with Crippen LogP contribution in [0.25, 0.3) is 11.4 Å². The van der Waals surface area contributed by atoms with Crippen LogP contribution in [-0.4, -0.2) is 47.6 Å². The van der Waals surface area contributed by atoms with Gasteiger partial charge in [-0.3, -0.25) is 4.79 Å². The Morgan fingerprint density at radius 2 is 1.96 bits per heavy atom. The topological polar surface area (TPSA) is 62.5 Å². The Labute approximate surface area is 141 Å². The second-order valence-electron chi connectivity index (χ2n) is 7.00. The second-order valence-corrected chi connectivity index (χ2v) is 7.00. The van der Waals surface area contributed by atoms with Gasteiger partial charge in [0.1, 0.15) is 0 Å². The lowest BCUT2D eigenvalue weighted by Gasteiger charge is -2.31. The van der Waals surface area contributed by atoms with Crippen LogP contribution in [0.1, 0.15) is 19.3 Å². The number of carbonyl (C=O) groups is 1. The van der Waals surface area contributed by atoms with E-state index in [4.69, 9.17) is 4.52 Å². The fraction of sp³-hybridized carbons (Fsp3) is 0.500. The summed E-state index contributed by atoms with van der Waals surface area (Å²) in [4.78, 5) is 20.4. The molecule has 1 saturated heterocycles. The molecule has 126 valence electrons. The smallest absolute Gasteiger partial charge is 0.324 e. The van der Waals surface area contributed by atoms with E-state index in [-0.39, 0.29) is 5.91 Å². The number of likely N-dealkylation sites (tertiary alicyclic amines) is 1. The largest absolute Gasteiger partial charge is 0.345 e. The maximum atomic E-state index is 11.9. The van der Waals surface area contributed by atoms with E-state index in [0.29, 0.717) is 36.1 Å². The summed E-state index contributed by atoms with van der Waals surface area (Å²) in [5.74, 6) is 1.95. The third-order valence-electron chi connectivity index (χ3n) is 5.48. The number of piperidine rings is 1. The molecule has 1 aromatic carbocycles. The normalized spacial score (nSPS) is 26.5. The second kappa shape index (κ2) is 5.92. The van der Waals surface area contributed by atoms with Gasteiger partial charge in [-0.15, -0.1) is 0 Å². The molecule has 2 heterocycles. The van der Waals surface area contributed by atoms with Gasteiger partial charge in [-0.05, 0) is 24.7 Å². The summed E-state index contributed by atoms with van der Waals surface area (Å²) in [5, 5.41) is 4.10. The Kier molecular flexibility index (Phi) is 3.75. The monoisotopic (exact) mass is 326 g/mol. The molecule has 1 aromatic heterocycles. The number of fused-ring (bicyclic) bond motifs is 1. The van der Waals surface area contributed by atoms with Crippen molar-refractivity contribution in [2.75, 3.05) is 25.5 Å². The molecule has 3 atom stereocenters. The summed E-state index contributed by atoms with van der Waals surface area (Å²) in [6.07, 6.45) is 2.76. The highest BCUT2D eigenvalue weighted by atomic mass is 16.5. The van der Waals surface area contributed by atoms with Gasteiger partial charge in [0.25, 0.3) is 0 Å². The zero-order chi connectivity index (χ0) is 16.7. The van der Waals surface area contributed by atoms with Crippen molar-refractivity contribution in [3.8, 4) is 11.4 Å². The van der Waals surface area contributed by atoms with Gasteiger partial charge in [0, 0.05) is 38.7 Å². The van der Waals surface area contributed by atoms with Gasteiger partial charge in [0.2, 0.25) is 11.7 Å². The van der Waals surface area contributed by atoms with Crippen LogP contribution in [0.4, 0.5) is 6.01 Å². The summed E-state index contributed by atoms with van der Waals surface area (Å²) in [6.45, 7) is 0.868. The average Bonchev–Trinajstić information content (AvgIpc) is 3.23. The first-order chi connectivity index (χ1) is 11.6. The minimum absolute atomic E-state index is 0.267. The molecule has 1 saturated carbocycles. The molecule has 2 aliphatic rings. The van der Waals surface area contributed by atoms with E-state index in [0.717, 1.165) is 24.9 Å². The number of carbonyl (C=O) groups excluding carboxylic acids is 1. The maximum absolute atomic E-state index is 11.9. The lowest BCUT2D eigenvalue weighted by molar-refractivity contribution is -0.134. The Bertz CT molecular complexity index is 730. The zero-order valence-corrected chi connectivity index (χ0v) is 14.1. The number of aromatic nitrogens is 2. The molecule has 1 aliphatic heterocycles. The Hall–Kier alpha value is -2.37. The number of hydrogen-bond acceptors (Lipinski definition) is 5. The van der Waals surface area contributed by atoms with Crippen LogP contribution in [0.5, 0.6) is 0 Å². The predicted molar refractivity (Wildman–Crippen MR) is 90.4 cm³/mol. The molecule has 0 radical (unpaired) electrons. The molecule has 6 heteroatoms. The van der Waals surface area contributed by atoms with Crippen LogP contribution in [0.3, 0.4) is 0 Å². The van der Waals surface area contributed by atoms with Crippen molar-refractivity contribution in [1.29, 1.82) is 0 Å². The van der Waals surface area contributed by atoms with Gasteiger partial charge >= 0.3 is 6.01 Å². The van der Waals surface area contributed by atoms with Crippen molar-refractivity contribution < 1.29 is 9.32 Å². The van der Waals surface area contributed by atoms with Crippen LogP contribution < -0.4 is 4.90 Å².